The van der Waals surface area contributed by atoms with E-state index in [2.05, 4.69) is 9.97 Å². The highest BCUT2D eigenvalue weighted by Gasteiger charge is 2.13. The van der Waals surface area contributed by atoms with Gasteiger partial charge in [0.05, 0.1) is 16.1 Å². The van der Waals surface area contributed by atoms with E-state index in [4.69, 9.17) is 0 Å². The second-order valence-electron chi connectivity index (χ2n) is 4.56. The Labute approximate surface area is 132 Å². The first-order chi connectivity index (χ1) is 9.08. The number of hydrogen-bond acceptors (Lipinski definition) is 5. The average molecular weight is 326 g/mol. The van der Waals surface area contributed by atoms with E-state index in [1.807, 2.05) is 43.3 Å². The van der Waals surface area contributed by atoms with Crippen LogP contribution in [-0.4, -0.2) is 24.1 Å². The van der Waals surface area contributed by atoms with Gasteiger partial charge in [-0.15, -0.1) is 24.8 Å². The molecule has 3 rings (SSSR count). The van der Waals surface area contributed by atoms with Gasteiger partial charge in [0.15, 0.2) is 0 Å². The van der Waals surface area contributed by atoms with Crippen molar-refractivity contribution in [3.8, 4) is 11.3 Å². The van der Waals surface area contributed by atoms with Gasteiger partial charge < -0.3 is 4.90 Å². The van der Waals surface area contributed by atoms with Crippen LogP contribution in [-0.2, 0) is 0 Å². The molecule has 2 aliphatic rings. The van der Waals surface area contributed by atoms with Crippen LogP contribution in [0.1, 0.15) is 0 Å². The molecule has 2 aliphatic heterocycles. The van der Waals surface area contributed by atoms with Crippen LogP contribution in [0.4, 0.5) is 5.69 Å². The molecule has 0 amide bonds. The molecule has 0 aliphatic carbocycles. The minimum atomic E-state index is -0.392. The van der Waals surface area contributed by atoms with Crippen molar-refractivity contribution in [2.45, 2.75) is 0 Å². The second-order valence-corrected chi connectivity index (χ2v) is 4.56. The lowest BCUT2D eigenvalue weighted by Gasteiger charge is -2.12. The second kappa shape index (κ2) is 6.20. The van der Waals surface area contributed by atoms with Gasteiger partial charge in [-0.1, -0.05) is 12.1 Å². The zero-order valence-electron chi connectivity index (χ0n) is 11.4. The molecule has 21 heavy (non-hydrogen) atoms. The molecule has 5 nitrogen and oxygen atoms in total. The van der Waals surface area contributed by atoms with Crippen molar-refractivity contribution in [1.82, 2.24) is 9.97 Å². The lowest BCUT2D eigenvalue weighted by molar-refractivity contribution is 1.13. The summed E-state index contributed by atoms with van der Waals surface area (Å²) in [6.45, 7) is 0. The molecule has 0 atom stereocenters. The van der Waals surface area contributed by atoms with Crippen molar-refractivity contribution in [1.29, 1.82) is 0 Å². The summed E-state index contributed by atoms with van der Waals surface area (Å²) in [6, 6.07) is 7.54. The van der Waals surface area contributed by atoms with Gasteiger partial charge in [-0.05, 0) is 12.1 Å². The molecule has 1 aromatic carbocycles. The molecule has 0 unspecified atom stereocenters. The number of halogens is 2. The maximum absolute atomic E-state index is 11.7. The highest BCUT2D eigenvalue weighted by atomic mass is 35.5. The molecule has 1 aromatic rings. The molecule has 0 saturated carbocycles. The number of anilines is 1. The van der Waals surface area contributed by atoms with Crippen molar-refractivity contribution < 1.29 is 0 Å². The molecular formula is C14H13Cl2N3O2. The Morgan fingerprint density at radius 2 is 1.57 bits per heavy atom. The number of benzene rings is 1. The summed E-state index contributed by atoms with van der Waals surface area (Å²) in [5.74, 6) is 0. The highest BCUT2D eigenvalue weighted by Crippen LogP contribution is 2.20. The lowest BCUT2D eigenvalue weighted by Crippen LogP contribution is -2.08. The lowest BCUT2D eigenvalue weighted by atomic mass is 10.1. The van der Waals surface area contributed by atoms with E-state index < -0.39 is 11.1 Å². The third kappa shape index (κ3) is 2.75. The first-order valence-corrected chi connectivity index (χ1v) is 5.82. The Bertz CT molecular complexity index is 882. The zero-order valence-corrected chi connectivity index (χ0v) is 13.0. The normalized spacial score (nSPS) is 10.0. The largest absolute Gasteiger partial charge is 0.378 e. The Morgan fingerprint density at radius 1 is 0.952 bits per heavy atom. The molecule has 0 bridgehead atoms. The quantitative estimate of drug-likeness (QED) is 0.712. The van der Waals surface area contributed by atoms with Crippen LogP contribution in [0.3, 0.4) is 0 Å². The standard InChI is InChI=1S/C14H11N3O2.2ClH/c1-17(2)9-5-3-8(4-6-9)12-11-10(13(18)16-12)7-15-14(11)19;;/h3-7H,1-2H3;2*1H. The van der Waals surface area contributed by atoms with E-state index in [1.165, 1.54) is 6.20 Å². The smallest absolute Gasteiger partial charge is 0.280 e. The number of aromatic nitrogens is 2. The molecule has 110 valence electrons. The molecule has 7 heteroatoms. The summed E-state index contributed by atoms with van der Waals surface area (Å²) >= 11 is 0. The summed E-state index contributed by atoms with van der Waals surface area (Å²) in [6.07, 6.45) is 1.30. The predicted molar refractivity (Wildman–Crippen MR) is 86.5 cm³/mol. The van der Waals surface area contributed by atoms with Crippen LogP contribution >= 0.6 is 24.8 Å². The molecule has 0 fully saturated rings. The fourth-order valence-corrected chi connectivity index (χ4v) is 2.10. The van der Waals surface area contributed by atoms with Crippen molar-refractivity contribution in [3.05, 3.63) is 61.6 Å². The van der Waals surface area contributed by atoms with Gasteiger partial charge in [-0.3, -0.25) is 9.59 Å². The van der Waals surface area contributed by atoms with Gasteiger partial charge in [-0.2, -0.15) is 0 Å². The van der Waals surface area contributed by atoms with Gasteiger partial charge >= 0.3 is 0 Å². The fourth-order valence-electron chi connectivity index (χ4n) is 2.10. The van der Waals surface area contributed by atoms with E-state index >= 15 is 0 Å². The maximum atomic E-state index is 11.7. The first kappa shape index (κ1) is 17.1. The molecule has 0 aromatic heterocycles. The molecule has 0 N–H and O–H groups in total. The minimum absolute atomic E-state index is 0. The number of rotatable bonds is 2. The summed E-state index contributed by atoms with van der Waals surface area (Å²) < 4.78 is 0. The van der Waals surface area contributed by atoms with Gasteiger partial charge in [-0.25, -0.2) is 9.97 Å². The van der Waals surface area contributed by atoms with E-state index in [0.717, 1.165) is 11.3 Å². The van der Waals surface area contributed by atoms with E-state index in [0.29, 0.717) is 16.1 Å². The summed E-state index contributed by atoms with van der Waals surface area (Å²) in [5.41, 5.74) is 1.43. The topological polar surface area (TPSA) is 63.2 Å². The molecule has 0 saturated heterocycles. The summed E-state index contributed by atoms with van der Waals surface area (Å²) in [4.78, 5) is 32.9. The van der Waals surface area contributed by atoms with E-state index in [1.54, 1.807) is 0 Å². The Balaban J connectivity index is 0.00000110. The van der Waals surface area contributed by atoms with Gasteiger partial charge in [0.2, 0.25) is 0 Å². The van der Waals surface area contributed by atoms with Crippen molar-refractivity contribution in [2.75, 3.05) is 19.0 Å². The van der Waals surface area contributed by atoms with Crippen LogP contribution in [0.2, 0.25) is 0 Å². The first-order valence-electron chi connectivity index (χ1n) is 5.82. The van der Waals surface area contributed by atoms with Gasteiger partial charge in [0.1, 0.15) is 0 Å². The monoisotopic (exact) mass is 325 g/mol. The van der Waals surface area contributed by atoms with Crippen LogP contribution < -0.4 is 16.0 Å². The van der Waals surface area contributed by atoms with E-state index in [-0.39, 0.29) is 24.8 Å². The van der Waals surface area contributed by atoms with Gasteiger partial charge in [0, 0.05) is 31.5 Å². The van der Waals surface area contributed by atoms with Crippen molar-refractivity contribution in [3.63, 3.8) is 0 Å². The predicted octanol–water partition coefficient (Wildman–Crippen LogP) is 1.37. The Morgan fingerprint density at radius 3 is 2.14 bits per heavy atom. The van der Waals surface area contributed by atoms with Crippen LogP contribution in [0.25, 0.3) is 11.3 Å². The highest BCUT2D eigenvalue weighted by molar-refractivity contribution is 5.85. The molecule has 0 radical (unpaired) electrons. The number of hydrogen-bond donors (Lipinski definition) is 0. The van der Waals surface area contributed by atoms with Crippen LogP contribution in [0.15, 0.2) is 40.1 Å². The SMILES string of the molecule is CN(C)c1ccc(-c2nc(=O)c3cnc(=O)c2=3)cc1.Cl.Cl. The minimum Gasteiger partial charge on any atom is -0.378 e. The Hall–Kier alpha value is -1.98. The van der Waals surface area contributed by atoms with Crippen molar-refractivity contribution >= 4 is 30.5 Å². The fraction of sp³-hybridized carbons (Fsp3) is 0.143. The molecule has 2 heterocycles. The summed E-state index contributed by atoms with van der Waals surface area (Å²) in [5, 5.41) is 0.624. The summed E-state index contributed by atoms with van der Waals surface area (Å²) in [7, 11) is 3.89. The average Bonchev–Trinajstić information content (AvgIpc) is 2.92. The third-order valence-corrected chi connectivity index (χ3v) is 3.13. The zero-order chi connectivity index (χ0) is 13.6. The number of nitrogens with zero attached hydrogens (tertiary/aromatic N) is 3. The van der Waals surface area contributed by atoms with Crippen LogP contribution in [0.5, 0.6) is 0 Å². The van der Waals surface area contributed by atoms with Gasteiger partial charge in [0.25, 0.3) is 11.1 Å². The van der Waals surface area contributed by atoms with Crippen molar-refractivity contribution in [2.24, 2.45) is 0 Å². The van der Waals surface area contributed by atoms with E-state index in [9.17, 15) is 9.59 Å². The third-order valence-electron chi connectivity index (χ3n) is 3.13. The Kier molecular flexibility index (Phi) is 5.04. The molecule has 0 spiro atoms. The van der Waals surface area contributed by atoms with Crippen LogP contribution in [0, 0.1) is 10.4 Å². The maximum Gasteiger partial charge on any atom is 0.280 e. The molecular weight excluding hydrogens is 313 g/mol.